The smallest absolute Gasteiger partial charge is 0.338 e. The fourth-order valence-electron chi connectivity index (χ4n) is 2.06. The van der Waals surface area contributed by atoms with Gasteiger partial charge in [0.25, 0.3) is 0 Å². The van der Waals surface area contributed by atoms with E-state index in [9.17, 15) is 9.59 Å². The molecule has 2 aromatic carbocycles. The van der Waals surface area contributed by atoms with Gasteiger partial charge in [-0.3, -0.25) is 4.79 Å². The van der Waals surface area contributed by atoms with Crippen LogP contribution in [0.2, 0.25) is 0 Å². The molecule has 0 unspecified atom stereocenters. The molecule has 0 N–H and O–H groups in total. The zero-order valence-corrected chi connectivity index (χ0v) is 12.0. The van der Waals surface area contributed by atoms with Gasteiger partial charge in [0.15, 0.2) is 23.9 Å². The second-order valence-corrected chi connectivity index (χ2v) is 4.93. The minimum absolute atomic E-state index is 0.148. The fourth-order valence-corrected chi connectivity index (χ4v) is 2.06. The molecule has 0 aromatic heterocycles. The van der Waals surface area contributed by atoms with E-state index in [0.717, 1.165) is 5.56 Å². The van der Waals surface area contributed by atoms with Crippen LogP contribution in [-0.4, -0.2) is 25.2 Å². The van der Waals surface area contributed by atoms with Gasteiger partial charge in [0.05, 0.1) is 5.56 Å². The van der Waals surface area contributed by atoms with E-state index >= 15 is 0 Å². The molecule has 0 saturated carbocycles. The van der Waals surface area contributed by atoms with Gasteiger partial charge in [-0.2, -0.15) is 0 Å². The molecule has 0 radical (unpaired) electrons. The molecule has 0 spiro atoms. The Labute approximate surface area is 127 Å². The van der Waals surface area contributed by atoms with Gasteiger partial charge in [0, 0.05) is 5.56 Å². The Morgan fingerprint density at radius 1 is 1.00 bits per heavy atom. The first kappa shape index (κ1) is 14.1. The van der Waals surface area contributed by atoms with Crippen molar-refractivity contribution < 1.29 is 23.8 Å². The van der Waals surface area contributed by atoms with Crippen LogP contribution in [0.4, 0.5) is 0 Å². The second kappa shape index (κ2) is 5.89. The monoisotopic (exact) mass is 298 g/mol. The van der Waals surface area contributed by atoms with Crippen molar-refractivity contribution in [1.82, 2.24) is 0 Å². The Hall–Kier alpha value is -2.82. The topological polar surface area (TPSA) is 61.8 Å². The van der Waals surface area contributed by atoms with Crippen molar-refractivity contribution in [2.45, 2.75) is 6.92 Å². The lowest BCUT2D eigenvalue weighted by atomic mass is 10.1. The summed E-state index contributed by atoms with van der Waals surface area (Å²) < 4.78 is 15.4. The number of rotatable bonds is 4. The van der Waals surface area contributed by atoms with Crippen molar-refractivity contribution >= 4 is 11.8 Å². The van der Waals surface area contributed by atoms with Crippen LogP contribution in [0.3, 0.4) is 0 Å². The molecule has 1 aliphatic rings. The molecule has 0 aliphatic carbocycles. The predicted molar refractivity (Wildman–Crippen MR) is 78.4 cm³/mol. The first-order chi connectivity index (χ1) is 10.6. The van der Waals surface area contributed by atoms with Gasteiger partial charge in [-0.15, -0.1) is 0 Å². The third-order valence-corrected chi connectivity index (χ3v) is 3.32. The van der Waals surface area contributed by atoms with Crippen molar-refractivity contribution in [3.8, 4) is 11.5 Å². The summed E-state index contributed by atoms with van der Waals surface area (Å²) in [6, 6.07) is 11.8. The summed E-state index contributed by atoms with van der Waals surface area (Å²) in [5.41, 5.74) is 1.89. The number of hydrogen-bond donors (Lipinski definition) is 0. The molecule has 2 aromatic rings. The number of ketones is 1. The fraction of sp³-hybridized carbons (Fsp3) is 0.176. The molecular formula is C17H14O5. The molecule has 0 saturated heterocycles. The van der Waals surface area contributed by atoms with Crippen molar-refractivity contribution in [2.75, 3.05) is 13.4 Å². The maximum absolute atomic E-state index is 12.1. The quantitative estimate of drug-likeness (QED) is 0.641. The zero-order chi connectivity index (χ0) is 15.5. The molecule has 0 fully saturated rings. The van der Waals surface area contributed by atoms with Gasteiger partial charge in [-0.25, -0.2) is 4.79 Å². The maximum atomic E-state index is 12.1. The number of carbonyl (C=O) groups is 2. The number of hydrogen-bond acceptors (Lipinski definition) is 5. The normalized spacial score (nSPS) is 12.0. The number of esters is 1. The molecular weight excluding hydrogens is 284 g/mol. The van der Waals surface area contributed by atoms with Crippen LogP contribution in [0, 0.1) is 6.92 Å². The van der Waals surface area contributed by atoms with Crippen molar-refractivity contribution in [3.63, 3.8) is 0 Å². The van der Waals surface area contributed by atoms with Crippen LogP contribution >= 0.6 is 0 Å². The number of aryl methyl sites for hydroxylation is 1. The summed E-state index contributed by atoms with van der Waals surface area (Å²) in [5, 5.41) is 0. The van der Waals surface area contributed by atoms with Crippen LogP contribution in [0.1, 0.15) is 26.3 Å². The van der Waals surface area contributed by atoms with Gasteiger partial charge in [0.2, 0.25) is 6.79 Å². The van der Waals surface area contributed by atoms with E-state index < -0.39 is 5.97 Å². The largest absolute Gasteiger partial charge is 0.454 e. The second-order valence-electron chi connectivity index (χ2n) is 4.93. The highest BCUT2D eigenvalue weighted by atomic mass is 16.7. The molecule has 0 amide bonds. The van der Waals surface area contributed by atoms with Crippen LogP contribution in [-0.2, 0) is 4.74 Å². The summed E-state index contributed by atoms with van der Waals surface area (Å²) in [7, 11) is 0. The van der Waals surface area contributed by atoms with Crippen molar-refractivity contribution in [2.24, 2.45) is 0 Å². The number of ether oxygens (including phenoxy) is 3. The Kier molecular flexibility index (Phi) is 3.78. The zero-order valence-electron chi connectivity index (χ0n) is 12.0. The summed E-state index contributed by atoms with van der Waals surface area (Å²) in [6.45, 7) is 1.76. The minimum Gasteiger partial charge on any atom is -0.454 e. The van der Waals surface area contributed by atoms with Crippen molar-refractivity contribution in [1.29, 1.82) is 0 Å². The molecule has 5 heteroatoms. The Morgan fingerprint density at radius 2 is 1.68 bits per heavy atom. The van der Waals surface area contributed by atoms with E-state index in [1.54, 1.807) is 30.3 Å². The lowest BCUT2D eigenvalue weighted by Gasteiger charge is -2.05. The summed E-state index contributed by atoms with van der Waals surface area (Å²) >= 11 is 0. The average molecular weight is 298 g/mol. The lowest BCUT2D eigenvalue weighted by molar-refractivity contribution is 0.0474. The van der Waals surface area contributed by atoms with Gasteiger partial charge < -0.3 is 14.2 Å². The predicted octanol–water partition coefficient (Wildman–Crippen LogP) is 2.76. The molecule has 1 aliphatic heterocycles. The highest BCUT2D eigenvalue weighted by Gasteiger charge is 2.17. The first-order valence-electron chi connectivity index (χ1n) is 6.80. The third-order valence-electron chi connectivity index (χ3n) is 3.32. The summed E-state index contributed by atoms with van der Waals surface area (Å²) in [5.74, 6) is 0.316. The highest BCUT2D eigenvalue weighted by molar-refractivity contribution is 5.99. The molecule has 5 nitrogen and oxygen atoms in total. The van der Waals surface area contributed by atoms with Crippen LogP contribution in [0.15, 0.2) is 42.5 Å². The van der Waals surface area contributed by atoms with Crippen LogP contribution in [0.25, 0.3) is 0 Å². The average Bonchev–Trinajstić information content (AvgIpc) is 3.00. The van der Waals surface area contributed by atoms with Crippen LogP contribution in [0.5, 0.6) is 11.5 Å². The van der Waals surface area contributed by atoms with E-state index in [2.05, 4.69) is 0 Å². The Balaban J connectivity index is 1.62. The number of Topliss-reactive ketones (excluding diaryl/α,β-unsaturated/α-hetero) is 1. The SMILES string of the molecule is Cc1ccc(C(=O)OCC(=O)c2ccc3c(c2)OCO3)cc1. The molecule has 112 valence electrons. The van der Waals surface area contributed by atoms with Gasteiger partial charge in [-0.1, -0.05) is 17.7 Å². The maximum Gasteiger partial charge on any atom is 0.338 e. The van der Waals surface area contributed by atoms with Gasteiger partial charge in [-0.05, 0) is 37.3 Å². The molecule has 1 heterocycles. The van der Waals surface area contributed by atoms with E-state index in [1.165, 1.54) is 0 Å². The molecule has 3 rings (SSSR count). The summed E-state index contributed by atoms with van der Waals surface area (Å²) in [4.78, 5) is 23.9. The van der Waals surface area contributed by atoms with E-state index in [4.69, 9.17) is 14.2 Å². The molecule has 0 atom stereocenters. The van der Waals surface area contributed by atoms with Gasteiger partial charge >= 0.3 is 5.97 Å². The van der Waals surface area contributed by atoms with E-state index in [0.29, 0.717) is 22.6 Å². The Morgan fingerprint density at radius 3 is 2.45 bits per heavy atom. The number of benzene rings is 2. The molecule has 22 heavy (non-hydrogen) atoms. The summed E-state index contributed by atoms with van der Waals surface area (Å²) in [6.07, 6.45) is 0. The van der Waals surface area contributed by atoms with E-state index in [1.807, 2.05) is 19.1 Å². The number of fused-ring (bicyclic) bond motifs is 1. The first-order valence-corrected chi connectivity index (χ1v) is 6.80. The number of carbonyl (C=O) groups excluding carboxylic acids is 2. The van der Waals surface area contributed by atoms with Crippen molar-refractivity contribution in [3.05, 3.63) is 59.2 Å². The standard InChI is InChI=1S/C17H14O5/c1-11-2-4-12(5-3-11)17(19)20-9-14(18)13-6-7-15-16(8-13)22-10-21-15/h2-8H,9-10H2,1H3. The molecule has 0 bridgehead atoms. The highest BCUT2D eigenvalue weighted by Crippen LogP contribution is 2.32. The van der Waals surface area contributed by atoms with E-state index in [-0.39, 0.29) is 19.2 Å². The minimum atomic E-state index is -0.519. The lowest BCUT2D eigenvalue weighted by Crippen LogP contribution is -2.14. The van der Waals surface area contributed by atoms with Gasteiger partial charge in [0.1, 0.15) is 0 Å². The third kappa shape index (κ3) is 2.93. The van der Waals surface area contributed by atoms with Crippen LogP contribution < -0.4 is 9.47 Å². The Bertz CT molecular complexity index is 718.